The molecule has 0 unspecified atom stereocenters. The van der Waals surface area contributed by atoms with Gasteiger partial charge >= 0.3 is 0 Å². The number of benzene rings is 2. The molecule has 2 heterocycles. The Kier molecular flexibility index (Phi) is 6.13. The molecule has 3 aromatic rings. The lowest BCUT2D eigenvalue weighted by Gasteiger charge is -2.35. The number of halogens is 1. The standard InChI is InChI=1S/C21H17ClN6O5/c22-16-3-1-14(2-4-16)19-5-6-20(24-23-19)25-7-9-26(10-8-25)21(29)15-11-17(27(30)31)13-18(12-15)28(32)33/h1-6,11-13H,7-10H2. The molecule has 12 heteroatoms. The van der Waals surface area contributed by atoms with Gasteiger partial charge in [0, 0.05) is 48.9 Å². The number of carbonyl (C=O) groups excluding carboxylic acids is 1. The third kappa shape index (κ3) is 4.88. The minimum atomic E-state index is -0.756. The molecule has 0 atom stereocenters. The number of carbonyl (C=O) groups is 1. The average molecular weight is 469 g/mol. The number of nitro groups is 2. The van der Waals surface area contributed by atoms with E-state index in [1.165, 1.54) is 4.90 Å². The van der Waals surface area contributed by atoms with Crippen LogP contribution in [0.3, 0.4) is 0 Å². The fraction of sp³-hybridized carbons (Fsp3) is 0.190. The van der Waals surface area contributed by atoms with E-state index < -0.39 is 27.1 Å². The van der Waals surface area contributed by atoms with Crippen LogP contribution in [0.1, 0.15) is 10.4 Å². The summed E-state index contributed by atoms with van der Waals surface area (Å²) in [6, 6.07) is 13.9. The molecule has 4 rings (SSSR count). The smallest absolute Gasteiger partial charge is 0.277 e. The summed E-state index contributed by atoms with van der Waals surface area (Å²) in [5.74, 6) is 0.163. The van der Waals surface area contributed by atoms with Crippen molar-refractivity contribution in [2.24, 2.45) is 0 Å². The topological polar surface area (TPSA) is 136 Å². The number of aromatic nitrogens is 2. The van der Waals surface area contributed by atoms with Gasteiger partial charge in [0.15, 0.2) is 5.82 Å². The van der Waals surface area contributed by atoms with Gasteiger partial charge in [-0.05, 0) is 24.3 Å². The number of piperazine rings is 1. The van der Waals surface area contributed by atoms with Gasteiger partial charge in [-0.25, -0.2) is 0 Å². The monoisotopic (exact) mass is 468 g/mol. The SMILES string of the molecule is O=C(c1cc([N+](=O)[O-])cc([N+](=O)[O-])c1)N1CCN(c2ccc(-c3ccc(Cl)cc3)nn2)CC1. The highest BCUT2D eigenvalue weighted by Crippen LogP contribution is 2.25. The van der Waals surface area contributed by atoms with Crippen molar-refractivity contribution in [2.75, 3.05) is 31.1 Å². The Balaban J connectivity index is 1.43. The molecule has 0 radical (unpaired) electrons. The molecule has 1 fully saturated rings. The highest BCUT2D eigenvalue weighted by molar-refractivity contribution is 6.30. The number of hydrogen-bond acceptors (Lipinski definition) is 8. The molecule has 1 saturated heterocycles. The van der Waals surface area contributed by atoms with Gasteiger partial charge in [-0.2, -0.15) is 0 Å². The summed E-state index contributed by atoms with van der Waals surface area (Å²) in [5, 5.41) is 31.4. The summed E-state index contributed by atoms with van der Waals surface area (Å²) < 4.78 is 0. The van der Waals surface area contributed by atoms with Crippen LogP contribution in [0.15, 0.2) is 54.6 Å². The summed E-state index contributed by atoms with van der Waals surface area (Å²) in [6.07, 6.45) is 0. The quantitative estimate of drug-likeness (QED) is 0.409. The van der Waals surface area contributed by atoms with Crippen molar-refractivity contribution in [3.8, 4) is 11.3 Å². The van der Waals surface area contributed by atoms with Crippen LogP contribution >= 0.6 is 11.6 Å². The van der Waals surface area contributed by atoms with Crippen LogP contribution in [-0.4, -0.2) is 57.0 Å². The van der Waals surface area contributed by atoms with E-state index in [9.17, 15) is 25.0 Å². The number of hydrogen-bond donors (Lipinski definition) is 0. The molecule has 0 bridgehead atoms. The van der Waals surface area contributed by atoms with Crippen molar-refractivity contribution in [1.29, 1.82) is 0 Å². The molecule has 168 valence electrons. The summed E-state index contributed by atoms with van der Waals surface area (Å²) in [7, 11) is 0. The first-order chi connectivity index (χ1) is 15.8. The van der Waals surface area contributed by atoms with Crippen molar-refractivity contribution in [3.05, 3.63) is 85.4 Å². The van der Waals surface area contributed by atoms with E-state index in [0.29, 0.717) is 42.7 Å². The largest absolute Gasteiger partial charge is 0.352 e. The zero-order valence-corrected chi connectivity index (χ0v) is 17.9. The van der Waals surface area contributed by atoms with Gasteiger partial charge in [0.2, 0.25) is 0 Å². The minimum Gasteiger partial charge on any atom is -0.352 e. The molecule has 11 nitrogen and oxygen atoms in total. The van der Waals surface area contributed by atoms with Gasteiger partial charge in [0.25, 0.3) is 17.3 Å². The van der Waals surface area contributed by atoms with E-state index in [4.69, 9.17) is 11.6 Å². The first-order valence-electron chi connectivity index (χ1n) is 9.89. The third-order valence-corrected chi connectivity index (χ3v) is 5.50. The Morgan fingerprint density at radius 3 is 1.97 bits per heavy atom. The highest BCUT2D eigenvalue weighted by atomic mass is 35.5. The lowest BCUT2D eigenvalue weighted by Crippen LogP contribution is -2.49. The summed E-state index contributed by atoms with van der Waals surface area (Å²) in [4.78, 5) is 37.0. The van der Waals surface area contributed by atoms with E-state index in [1.54, 1.807) is 12.1 Å². The summed E-state index contributed by atoms with van der Waals surface area (Å²) in [6.45, 7) is 1.60. The molecular formula is C21H17ClN6O5. The molecule has 33 heavy (non-hydrogen) atoms. The van der Waals surface area contributed by atoms with Crippen LogP contribution in [0, 0.1) is 20.2 Å². The van der Waals surface area contributed by atoms with E-state index in [2.05, 4.69) is 10.2 Å². The molecule has 0 aliphatic carbocycles. The number of anilines is 1. The molecule has 1 aliphatic rings. The summed E-state index contributed by atoms with van der Waals surface area (Å²) >= 11 is 5.91. The van der Waals surface area contributed by atoms with Crippen LogP contribution in [0.4, 0.5) is 17.2 Å². The van der Waals surface area contributed by atoms with Crippen LogP contribution in [0.25, 0.3) is 11.3 Å². The normalized spacial score (nSPS) is 13.6. The van der Waals surface area contributed by atoms with Crippen molar-refractivity contribution in [3.63, 3.8) is 0 Å². The maximum absolute atomic E-state index is 12.8. The Hall–Kier alpha value is -4.12. The van der Waals surface area contributed by atoms with E-state index >= 15 is 0 Å². The second-order valence-electron chi connectivity index (χ2n) is 7.32. The zero-order chi connectivity index (χ0) is 23.5. The maximum Gasteiger partial charge on any atom is 0.277 e. The van der Waals surface area contributed by atoms with E-state index in [-0.39, 0.29) is 5.56 Å². The third-order valence-electron chi connectivity index (χ3n) is 5.25. The fourth-order valence-corrected chi connectivity index (χ4v) is 3.65. The van der Waals surface area contributed by atoms with Crippen LogP contribution in [0.2, 0.25) is 5.02 Å². The Morgan fingerprint density at radius 1 is 0.848 bits per heavy atom. The van der Waals surface area contributed by atoms with Gasteiger partial charge in [-0.1, -0.05) is 23.7 Å². The molecule has 0 saturated carbocycles. The van der Waals surface area contributed by atoms with E-state index in [0.717, 1.165) is 23.8 Å². The van der Waals surface area contributed by atoms with Crippen LogP contribution in [0.5, 0.6) is 0 Å². The predicted octanol–water partition coefficient (Wildman–Crippen LogP) is 3.58. The Morgan fingerprint density at radius 2 is 1.45 bits per heavy atom. The number of non-ortho nitro benzene ring substituents is 2. The second kappa shape index (κ2) is 9.17. The van der Waals surface area contributed by atoms with Crippen LogP contribution in [-0.2, 0) is 0 Å². The molecule has 0 N–H and O–H groups in total. The van der Waals surface area contributed by atoms with Gasteiger partial charge in [-0.15, -0.1) is 10.2 Å². The summed E-state index contributed by atoms with van der Waals surface area (Å²) in [5.41, 5.74) is 0.511. The minimum absolute atomic E-state index is 0.0866. The van der Waals surface area contributed by atoms with Gasteiger partial charge in [0.05, 0.1) is 27.2 Å². The number of nitrogens with zero attached hydrogens (tertiary/aromatic N) is 6. The maximum atomic E-state index is 12.8. The van der Waals surface area contributed by atoms with Crippen molar-refractivity contribution in [1.82, 2.24) is 15.1 Å². The predicted molar refractivity (Wildman–Crippen MR) is 120 cm³/mol. The Bertz CT molecular complexity index is 1180. The fourth-order valence-electron chi connectivity index (χ4n) is 3.52. The molecule has 1 amide bonds. The Labute approximate surface area is 192 Å². The lowest BCUT2D eigenvalue weighted by molar-refractivity contribution is -0.394. The van der Waals surface area contributed by atoms with Crippen molar-refractivity contribution < 1.29 is 14.6 Å². The number of rotatable bonds is 5. The van der Waals surface area contributed by atoms with E-state index in [1.807, 2.05) is 29.2 Å². The molecule has 1 aliphatic heterocycles. The lowest BCUT2D eigenvalue weighted by atomic mass is 10.1. The molecule has 1 aromatic heterocycles. The van der Waals surface area contributed by atoms with Gasteiger partial charge in [-0.3, -0.25) is 25.0 Å². The van der Waals surface area contributed by atoms with Gasteiger partial charge in [0.1, 0.15) is 0 Å². The van der Waals surface area contributed by atoms with Gasteiger partial charge < -0.3 is 9.80 Å². The molecular weight excluding hydrogens is 452 g/mol. The van der Waals surface area contributed by atoms with Crippen molar-refractivity contribution in [2.45, 2.75) is 0 Å². The van der Waals surface area contributed by atoms with Crippen molar-refractivity contribution >= 4 is 34.7 Å². The first-order valence-corrected chi connectivity index (χ1v) is 10.3. The molecule has 2 aromatic carbocycles. The average Bonchev–Trinajstić information content (AvgIpc) is 2.84. The zero-order valence-electron chi connectivity index (χ0n) is 17.1. The van der Waals surface area contributed by atoms with Crippen LogP contribution < -0.4 is 4.90 Å². The number of nitro benzene ring substituents is 2. The first kappa shape index (κ1) is 22.1. The number of amides is 1. The highest BCUT2D eigenvalue weighted by Gasteiger charge is 2.26. The molecule has 0 spiro atoms. The second-order valence-corrected chi connectivity index (χ2v) is 7.75.